The lowest BCUT2D eigenvalue weighted by Gasteiger charge is -2.08. The number of rotatable bonds is 5. The number of aryl methyl sites for hydroxylation is 1. The molecule has 0 radical (unpaired) electrons. The maximum absolute atomic E-state index is 5.94. The molecule has 0 fully saturated rings. The fraction of sp³-hybridized carbons (Fsp3) is 0.0476. The molecule has 0 saturated carbocycles. The molecule has 0 aliphatic heterocycles. The van der Waals surface area contributed by atoms with Gasteiger partial charge in [0.05, 0.1) is 0 Å². The summed E-state index contributed by atoms with van der Waals surface area (Å²) in [5.41, 5.74) is 1.69. The molecule has 0 N–H and O–H groups in total. The van der Waals surface area contributed by atoms with E-state index in [4.69, 9.17) is 4.74 Å². The summed E-state index contributed by atoms with van der Waals surface area (Å²) in [5.74, 6) is 1.84. The van der Waals surface area contributed by atoms with Crippen LogP contribution >= 0.6 is 11.8 Å². The highest BCUT2D eigenvalue weighted by Crippen LogP contribution is 2.30. The summed E-state index contributed by atoms with van der Waals surface area (Å²) < 4.78 is 5.94. The average Bonchev–Trinajstić information content (AvgIpc) is 2.71. The highest BCUT2D eigenvalue weighted by molar-refractivity contribution is 7.99. The summed E-state index contributed by atoms with van der Waals surface area (Å²) >= 11 is 1.68. The van der Waals surface area contributed by atoms with E-state index in [1.165, 1.54) is 0 Å². The van der Waals surface area contributed by atoms with E-state index >= 15 is 0 Å². The Hall–Kier alpha value is -3.25. The summed E-state index contributed by atoms with van der Waals surface area (Å²) in [5, 5.41) is 0. The quantitative estimate of drug-likeness (QED) is 0.481. The largest absolute Gasteiger partial charge is 0.439 e. The van der Waals surface area contributed by atoms with Gasteiger partial charge in [0.1, 0.15) is 5.75 Å². The molecule has 3 aromatic heterocycles. The van der Waals surface area contributed by atoms with Crippen molar-refractivity contribution in [1.82, 2.24) is 19.9 Å². The molecule has 0 saturated heterocycles. The third-order valence-electron chi connectivity index (χ3n) is 3.68. The van der Waals surface area contributed by atoms with Crippen LogP contribution in [0.5, 0.6) is 11.6 Å². The number of benzene rings is 1. The molecule has 1 aromatic carbocycles. The zero-order valence-electron chi connectivity index (χ0n) is 14.6. The Bertz CT molecular complexity index is 1020. The summed E-state index contributed by atoms with van der Waals surface area (Å²) in [7, 11) is 0. The Balaban J connectivity index is 1.51. The monoisotopic (exact) mass is 372 g/mol. The van der Waals surface area contributed by atoms with Crippen molar-refractivity contribution < 1.29 is 4.74 Å². The Labute approximate surface area is 161 Å². The molecule has 27 heavy (non-hydrogen) atoms. The molecular weight excluding hydrogens is 356 g/mol. The second-order valence-electron chi connectivity index (χ2n) is 5.77. The van der Waals surface area contributed by atoms with Crippen LogP contribution in [0.2, 0.25) is 0 Å². The van der Waals surface area contributed by atoms with E-state index in [1.54, 1.807) is 36.5 Å². The summed E-state index contributed by atoms with van der Waals surface area (Å²) in [6, 6.07) is 17.5. The molecule has 0 amide bonds. The molecule has 0 bridgehead atoms. The first-order valence-corrected chi connectivity index (χ1v) is 9.20. The number of hydrogen-bond acceptors (Lipinski definition) is 6. The Kier molecular flexibility index (Phi) is 5.07. The molecular formula is C21H16N4OS. The van der Waals surface area contributed by atoms with E-state index in [-0.39, 0.29) is 0 Å². The lowest BCUT2D eigenvalue weighted by molar-refractivity contribution is 0.461. The van der Waals surface area contributed by atoms with Crippen LogP contribution in [-0.4, -0.2) is 19.9 Å². The molecule has 0 spiro atoms. The minimum Gasteiger partial charge on any atom is -0.439 e. The van der Waals surface area contributed by atoms with E-state index in [9.17, 15) is 0 Å². The highest BCUT2D eigenvalue weighted by Gasteiger charge is 2.07. The van der Waals surface area contributed by atoms with Crippen molar-refractivity contribution in [2.75, 3.05) is 0 Å². The summed E-state index contributed by atoms with van der Waals surface area (Å²) in [6.45, 7) is 1.92. The van der Waals surface area contributed by atoms with Crippen LogP contribution in [0.3, 0.4) is 0 Å². The van der Waals surface area contributed by atoms with Crippen LogP contribution in [0.25, 0.3) is 11.4 Å². The molecule has 3 heterocycles. The molecule has 132 valence electrons. The highest BCUT2D eigenvalue weighted by atomic mass is 32.2. The van der Waals surface area contributed by atoms with Gasteiger partial charge in [0.25, 0.3) is 0 Å². The Morgan fingerprint density at radius 2 is 1.59 bits per heavy atom. The SMILES string of the molecule is Cc1cc(Oc2ccc(Sc3ccncc3)cc2)nc(-c2cccnc2)n1. The van der Waals surface area contributed by atoms with Gasteiger partial charge in [-0.1, -0.05) is 11.8 Å². The molecule has 5 nitrogen and oxygen atoms in total. The molecule has 4 rings (SSSR count). The van der Waals surface area contributed by atoms with Gasteiger partial charge in [-0.25, -0.2) is 4.98 Å². The first-order chi connectivity index (χ1) is 13.3. The van der Waals surface area contributed by atoms with Crippen molar-refractivity contribution in [3.05, 3.63) is 85.1 Å². The van der Waals surface area contributed by atoms with Gasteiger partial charge in [-0.2, -0.15) is 4.98 Å². The smallest absolute Gasteiger partial charge is 0.223 e. The zero-order valence-corrected chi connectivity index (χ0v) is 15.4. The zero-order chi connectivity index (χ0) is 18.5. The number of aromatic nitrogens is 4. The predicted molar refractivity (Wildman–Crippen MR) is 105 cm³/mol. The molecule has 0 unspecified atom stereocenters. The number of pyridine rings is 2. The van der Waals surface area contributed by atoms with Crippen molar-refractivity contribution >= 4 is 11.8 Å². The molecule has 0 aliphatic rings. The molecule has 4 aromatic rings. The normalized spacial score (nSPS) is 10.6. The van der Waals surface area contributed by atoms with Crippen molar-refractivity contribution in [2.45, 2.75) is 16.7 Å². The van der Waals surface area contributed by atoms with Crippen molar-refractivity contribution in [3.63, 3.8) is 0 Å². The van der Waals surface area contributed by atoms with Gasteiger partial charge in [-0.15, -0.1) is 0 Å². The number of hydrogen-bond donors (Lipinski definition) is 0. The van der Waals surface area contributed by atoms with Crippen molar-refractivity contribution in [1.29, 1.82) is 0 Å². The van der Waals surface area contributed by atoms with Gasteiger partial charge in [0.2, 0.25) is 5.88 Å². The maximum Gasteiger partial charge on any atom is 0.223 e. The molecule has 6 heteroatoms. The minimum atomic E-state index is 0.510. The lowest BCUT2D eigenvalue weighted by Crippen LogP contribution is -1.96. The van der Waals surface area contributed by atoms with Gasteiger partial charge in [0.15, 0.2) is 5.82 Å². The predicted octanol–water partition coefficient (Wildman–Crippen LogP) is 5.19. The van der Waals surface area contributed by atoms with E-state index in [2.05, 4.69) is 19.9 Å². The van der Waals surface area contributed by atoms with Crippen molar-refractivity contribution in [2.24, 2.45) is 0 Å². The average molecular weight is 372 g/mol. The fourth-order valence-corrected chi connectivity index (χ4v) is 3.26. The third kappa shape index (κ3) is 4.48. The summed E-state index contributed by atoms with van der Waals surface area (Å²) in [4.78, 5) is 19.4. The first-order valence-electron chi connectivity index (χ1n) is 8.38. The third-order valence-corrected chi connectivity index (χ3v) is 4.70. The van der Waals surface area contributed by atoms with Gasteiger partial charge >= 0.3 is 0 Å². The Morgan fingerprint density at radius 3 is 2.33 bits per heavy atom. The van der Waals surface area contributed by atoms with Crippen LogP contribution < -0.4 is 4.74 Å². The second kappa shape index (κ2) is 7.97. The van der Waals surface area contributed by atoms with Crippen LogP contribution in [0.15, 0.2) is 89.2 Å². The second-order valence-corrected chi connectivity index (χ2v) is 6.92. The van der Waals surface area contributed by atoms with Gasteiger partial charge < -0.3 is 4.74 Å². The number of ether oxygens (including phenoxy) is 1. The topological polar surface area (TPSA) is 60.8 Å². The van der Waals surface area contributed by atoms with Crippen LogP contribution in [-0.2, 0) is 0 Å². The maximum atomic E-state index is 5.94. The fourth-order valence-electron chi connectivity index (χ4n) is 2.45. The van der Waals surface area contributed by atoms with E-state index in [0.29, 0.717) is 11.7 Å². The molecule has 0 aliphatic carbocycles. The van der Waals surface area contributed by atoms with Crippen LogP contribution in [0.4, 0.5) is 0 Å². The van der Waals surface area contributed by atoms with Gasteiger partial charge in [-0.05, 0) is 55.5 Å². The Morgan fingerprint density at radius 1 is 0.815 bits per heavy atom. The standard InChI is InChI=1S/C21H16N4OS/c1-15-13-20(25-21(24-15)16-3-2-10-23-14-16)26-17-4-6-18(7-5-17)27-19-8-11-22-12-9-19/h2-14H,1H3. The lowest BCUT2D eigenvalue weighted by atomic mass is 10.2. The minimum absolute atomic E-state index is 0.510. The van der Waals surface area contributed by atoms with Crippen molar-refractivity contribution in [3.8, 4) is 23.0 Å². The van der Waals surface area contributed by atoms with E-state index < -0.39 is 0 Å². The van der Waals surface area contributed by atoms with Crippen LogP contribution in [0.1, 0.15) is 5.69 Å². The number of nitrogens with zero attached hydrogens (tertiary/aromatic N) is 4. The van der Waals surface area contributed by atoms with Gasteiger partial charge in [-0.3, -0.25) is 9.97 Å². The van der Waals surface area contributed by atoms with E-state index in [0.717, 1.165) is 26.8 Å². The first kappa shape index (κ1) is 17.2. The molecule has 0 atom stereocenters. The summed E-state index contributed by atoms with van der Waals surface area (Å²) in [6.07, 6.45) is 7.04. The van der Waals surface area contributed by atoms with Crippen LogP contribution in [0, 0.1) is 6.92 Å². The van der Waals surface area contributed by atoms with Gasteiger partial charge in [0, 0.05) is 51.9 Å². The van der Waals surface area contributed by atoms with E-state index in [1.807, 2.05) is 61.5 Å².